The van der Waals surface area contributed by atoms with Crippen LogP contribution in [-0.4, -0.2) is 0 Å². The average molecular weight is 622 g/mol. The van der Waals surface area contributed by atoms with Crippen molar-refractivity contribution in [3.8, 4) is 32.0 Å². The molecule has 1 aliphatic rings. The fourth-order valence-electron chi connectivity index (χ4n) is 6.86. The van der Waals surface area contributed by atoms with Crippen LogP contribution in [0.25, 0.3) is 60.0 Å². The summed E-state index contributed by atoms with van der Waals surface area (Å²) in [4.78, 5) is 4.89. The van der Waals surface area contributed by atoms with Gasteiger partial charge in [0.05, 0.1) is 5.69 Å². The summed E-state index contributed by atoms with van der Waals surface area (Å²) in [7, 11) is 0. The Morgan fingerprint density at radius 3 is 2.00 bits per heavy atom. The minimum atomic E-state index is 0.926. The maximum atomic E-state index is 6.30. The molecule has 3 heteroatoms. The molecule has 6 aromatic carbocycles. The Labute approximate surface area is 278 Å². The van der Waals surface area contributed by atoms with E-state index in [4.69, 9.17) is 4.42 Å². The highest BCUT2D eigenvalue weighted by atomic mass is 32.1. The number of benzene rings is 6. The maximum absolute atomic E-state index is 6.30. The van der Waals surface area contributed by atoms with Crippen molar-refractivity contribution in [3.05, 3.63) is 169 Å². The van der Waals surface area contributed by atoms with E-state index in [9.17, 15) is 0 Å². The summed E-state index contributed by atoms with van der Waals surface area (Å²) in [6, 6.07) is 54.4. The molecule has 2 heterocycles. The second kappa shape index (κ2) is 11.6. The Bertz CT molecular complexity index is 2400. The summed E-state index contributed by atoms with van der Waals surface area (Å²) in [5.41, 5.74) is 12.8. The average Bonchev–Trinajstić information content (AvgIpc) is 3.79. The van der Waals surface area contributed by atoms with Gasteiger partial charge < -0.3 is 9.32 Å². The van der Waals surface area contributed by atoms with E-state index in [0.29, 0.717) is 0 Å². The molecule has 2 aromatic heterocycles. The van der Waals surface area contributed by atoms with E-state index in [2.05, 4.69) is 157 Å². The van der Waals surface area contributed by atoms with Crippen LogP contribution in [0.4, 0.5) is 17.1 Å². The van der Waals surface area contributed by atoms with Crippen LogP contribution in [0, 0.1) is 0 Å². The molecule has 0 bridgehead atoms. The molecule has 1 aliphatic carbocycles. The zero-order chi connectivity index (χ0) is 31.2. The van der Waals surface area contributed by atoms with Crippen molar-refractivity contribution in [1.82, 2.24) is 0 Å². The van der Waals surface area contributed by atoms with Crippen molar-refractivity contribution in [1.29, 1.82) is 0 Å². The third-order valence-electron chi connectivity index (χ3n) is 9.19. The Hall–Kier alpha value is -5.64. The van der Waals surface area contributed by atoms with Gasteiger partial charge in [-0.3, -0.25) is 0 Å². The molecular weight excluding hydrogens is 591 g/mol. The van der Waals surface area contributed by atoms with E-state index in [-0.39, 0.29) is 0 Å². The first-order valence-electron chi connectivity index (χ1n) is 16.2. The van der Waals surface area contributed by atoms with Crippen molar-refractivity contribution in [2.24, 2.45) is 0 Å². The number of thiophene rings is 1. The van der Waals surface area contributed by atoms with Crippen molar-refractivity contribution >= 4 is 56.4 Å². The quantitative estimate of drug-likeness (QED) is 0.184. The first kappa shape index (κ1) is 27.7. The largest absolute Gasteiger partial charge is 0.455 e. The van der Waals surface area contributed by atoms with Gasteiger partial charge in [-0.25, -0.2) is 0 Å². The molecule has 47 heavy (non-hydrogen) atoms. The van der Waals surface area contributed by atoms with Gasteiger partial charge >= 0.3 is 0 Å². The van der Waals surface area contributed by atoms with Crippen molar-refractivity contribution in [2.75, 3.05) is 4.90 Å². The predicted molar refractivity (Wildman–Crippen MR) is 200 cm³/mol. The summed E-state index contributed by atoms with van der Waals surface area (Å²) < 4.78 is 6.30. The van der Waals surface area contributed by atoms with Crippen LogP contribution in [-0.2, 0) is 6.42 Å². The number of anilines is 3. The Morgan fingerprint density at radius 2 is 1.19 bits per heavy atom. The molecule has 2 nitrogen and oxygen atoms in total. The van der Waals surface area contributed by atoms with Crippen LogP contribution in [0.5, 0.6) is 0 Å². The van der Waals surface area contributed by atoms with Gasteiger partial charge in [-0.2, -0.15) is 0 Å². The van der Waals surface area contributed by atoms with Crippen LogP contribution in [0.1, 0.15) is 17.5 Å². The van der Waals surface area contributed by atoms with E-state index in [1.165, 1.54) is 37.7 Å². The molecule has 0 saturated heterocycles. The minimum absolute atomic E-state index is 0.926. The van der Waals surface area contributed by atoms with Gasteiger partial charge in [-0.1, -0.05) is 115 Å². The molecule has 224 valence electrons. The van der Waals surface area contributed by atoms with Gasteiger partial charge in [-0.15, -0.1) is 11.3 Å². The lowest BCUT2D eigenvalue weighted by atomic mass is 9.95. The number of aryl methyl sites for hydroxylation is 1. The first-order chi connectivity index (χ1) is 23.3. The lowest BCUT2D eigenvalue weighted by molar-refractivity contribution is 0.670. The smallest absolute Gasteiger partial charge is 0.143 e. The minimum Gasteiger partial charge on any atom is -0.455 e. The van der Waals surface area contributed by atoms with E-state index >= 15 is 0 Å². The molecule has 0 amide bonds. The normalized spacial score (nSPS) is 12.4. The van der Waals surface area contributed by atoms with E-state index in [1.807, 2.05) is 23.5 Å². The highest BCUT2D eigenvalue weighted by Gasteiger charge is 2.19. The molecule has 0 atom stereocenters. The van der Waals surface area contributed by atoms with Crippen LogP contribution in [0.2, 0.25) is 0 Å². The third kappa shape index (κ3) is 4.97. The molecule has 0 radical (unpaired) electrons. The number of hydrogen-bond acceptors (Lipinski definition) is 3. The maximum Gasteiger partial charge on any atom is 0.143 e. The number of nitrogens with zero attached hydrogens (tertiary/aromatic N) is 1. The first-order valence-corrected chi connectivity index (χ1v) is 17.0. The molecule has 0 spiro atoms. The van der Waals surface area contributed by atoms with Gasteiger partial charge in [0.15, 0.2) is 0 Å². The molecule has 0 N–H and O–H groups in total. The zero-order valence-corrected chi connectivity index (χ0v) is 26.6. The lowest BCUT2D eigenvalue weighted by Gasteiger charge is -2.29. The third-order valence-corrected chi connectivity index (χ3v) is 10.4. The fraction of sp³-hybridized carbons (Fsp3) is 0.0455. The number of furan rings is 1. The highest BCUT2D eigenvalue weighted by molar-refractivity contribution is 7.18. The molecule has 0 saturated carbocycles. The molecule has 9 rings (SSSR count). The lowest BCUT2D eigenvalue weighted by Crippen LogP contribution is -2.12. The van der Waals surface area contributed by atoms with Crippen LogP contribution < -0.4 is 4.90 Å². The summed E-state index contributed by atoms with van der Waals surface area (Å²) in [5.74, 6) is 0. The number of hydrogen-bond donors (Lipinski definition) is 0. The Balaban J connectivity index is 1.01. The molecular formula is C44H31NOS. The summed E-state index contributed by atoms with van der Waals surface area (Å²) >= 11 is 1.83. The number of fused-ring (bicyclic) bond motifs is 4. The summed E-state index contributed by atoms with van der Waals surface area (Å²) in [6.45, 7) is 0. The number of para-hydroxylation sites is 3. The van der Waals surface area contributed by atoms with Crippen molar-refractivity contribution < 1.29 is 4.42 Å². The molecule has 0 unspecified atom stereocenters. The van der Waals surface area contributed by atoms with Gasteiger partial charge in [0.25, 0.3) is 0 Å². The van der Waals surface area contributed by atoms with E-state index in [0.717, 1.165) is 57.3 Å². The van der Waals surface area contributed by atoms with E-state index in [1.54, 1.807) is 0 Å². The van der Waals surface area contributed by atoms with Gasteiger partial charge in [-0.05, 0) is 83.6 Å². The molecule has 8 aromatic rings. The molecule has 0 aliphatic heterocycles. The summed E-state index contributed by atoms with van der Waals surface area (Å²) in [6.07, 6.45) is 6.77. The van der Waals surface area contributed by atoms with Crippen LogP contribution >= 0.6 is 11.3 Å². The topological polar surface area (TPSA) is 16.4 Å². The number of allylic oxidation sites excluding steroid dienone is 1. The van der Waals surface area contributed by atoms with Gasteiger partial charge in [0.2, 0.25) is 0 Å². The highest BCUT2D eigenvalue weighted by Crippen LogP contribution is 2.42. The van der Waals surface area contributed by atoms with Crippen molar-refractivity contribution in [3.63, 3.8) is 0 Å². The van der Waals surface area contributed by atoms with Crippen molar-refractivity contribution in [2.45, 2.75) is 12.8 Å². The fourth-order valence-corrected chi connectivity index (χ4v) is 7.88. The Kier molecular flexibility index (Phi) is 6.84. The Morgan fingerprint density at radius 1 is 0.532 bits per heavy atom. The van der Waals surface area contributed by atoms with Gasteiger partial charge in [0, 0.05) is 43.0 Å². The molecule has 0 fully saturated rings. The second-order valence-electron chi connectivity index (χ2n) is 12.0. The summed E-state index contributed by atoms with van der Waals surface area (Å²) in [5, 5.41) is 2.31. The predicted octanol–water partition coefficient (Wildman–Crippen LogP) is 13.1. The monoisotopic (exact) mass is 621 g/mol. The SMILES string of the molecule is C1=Cc2c(cccc2N(c2ccccc2)c2ccc(-c3ccc(-c4ccc(-c5cccc6c5oc5ccccc56)cc4)s3)cc2)CC1. The van der Waals surface area contributed by atoms with Crippen LogP contribution in [0.15, 0.2) is 162 Å². The second-order valence-corrected chi connectivity index (χ2v) is 13.1. The number of rotatable bonds is 6. The zero-order valence-electron chi connectivity index (χ0n) is 25.8. The van der Waals surface area contributed by atoms with Crippen LogP contribution in [0.3, 0.4) is 0 Å². The van der Waals surface area contributed by atoms with Gasteiger partial charge in [0.1, 0.15) is 11.2 Å². The van der Waals surface area contributed by atoms with E-state index < -0.39 is 0 Å². The standard InChI is InChI=1S/C44H31NOS/c1-2-12-34(13-3-1)45(40-18-8-11-30-10-4-5-14-36(30)40)35-26-24-33(25-27-35)43-29-28-42(47-43)32-22-20-31(21-23-32)37-16-9-17-39-38-15-6-7-19-41(38)46-44(37)39/h1-3,5-9,11-29H,4,10H2.